The molecule has 0 N–H and O–H groups in total. The summed E-state index contributed by atoms with van der Waals surface area (Å²) in [6.07, 6.45) is 0. The van der Waals surface area contributed by atoms with Crippen LogP contribution in [0.15, 0.2) is 45.6 Å². The van der Waals surface area contributed by atoms with E-state index in [1.807, 2.05) is 38.1 Å². The van der Waals surface area contributed by atoms with Crippen LogP contribution >= 0.6 is 0 Å². The van der Waals surface area contributed by atoms with E-state index in [0.29, 0.717) is 17.8 Å². The van der Waals surface area contributed by atoms with Crippen molar-refractivity contribution in [2.75, 3.05) is 0 Å². The van der Waals surface area contributed by atoms with Crippen molar-refractivity contribution in [1.29, 1.82) is 0 Å². The van der Waals surface area contributed by atoms with Crippen LogP contribution in [0.25, 0.3) is 11.0 Å². The Morgan fingerprint density at radius 2 is 1.74 bits per heavy atom. The minimum atomic E-state index is -0.283. The van der Waals surface area contributed by atoms with Crippen LogP contribution in [0.3, 0.4) is 0 Å². The van der Waals surface area contributed by atoms with Gasteiger partial charge in [-0.15, -0.1) is 0 Å². The van der Waals surface area contributed by atoms with Gasteiger partial charge < -0.3 is 9.15 Å². The third kappa shape index (κ3) is 2.87. The molecule has 0 fully saturated rings. The van der Waals surface area contributed by atoms with Crippen LogP contribution in [0.2, 0.25) is 0 Å². The zero-order chi connectivity index (χ0) is 16.6. The molecule has 0 aliphatic heterocycles. The molecule has 1 aromatic heterocycles. The fraction of sp³-hybridized carbons (Fsp3) is 0.250. The monoisotopic (exact) mass is 308 g/mol. The summed E-state index contributed by atoms with van der Waals surface area (Å²) in [5.74, 6) is 0.741. The van der Waals surface area contributed by atoms with Gasteiger partial charge in [0.15, 0.2) is 0 Å². The molecule has 0 radical (unpaired) electrons. The normalized spacial score (nSPS) is 11.0. The molecule has 1 heterocycles. The van der Waals surface area contributed by atoms with E-state index >= 15 is 0 Å². The Morgan fingerprint density at radius 1 is 0.957 bits per heavy atom. The number of rotatable bonds is 3. The zero-order valence-corrected chi connectivity index (χ0v) is 13.9. The van der Waals surface area contributed by atoms with Crippen LogP contribution in [0.5, 0.6) is 5.75 Å². The predicted octanol–water partition coefficient (Wildman–Crippen LogP) is 4.61. The maximum atomic E-state index is 11.9. The summed E-state index contributed by atoms with van der Waals surface area (Å²) in [5.41, 5.74) is 5.13. The predicted molar refractivity (Wildman–Crippen MR) is 92.2 cm³/mol. The van der Waals surface area contributed by atoms with Crippen LogP contribution in [-0.4, -0.2) is 0 Å². The lowest BCUT2D eigenvalue weighted by atomic mass is 10.0. The van der Waals surface area contributed by atoms with Crippen LogP contribution in [0.4, 0.5) is 0 Å². The lowest BCUT2D eigenvalue weighted by molar-refractivity contribution is 0.304. The fourth-order valence-corrected chi connectivity index (χ4v) is 2.74. The molecule has 0 spiro atoms. The van der Waals surface area contributed by atoms with Gasteiger partial charge in [-0.25, -0.2) is 4.79 Å². The third-order valence-electron chi connectivity index (χ3n) is 4.30. The van der Waals surface area contributed by atoms with Gasteiger partial charge in [0, 0.05) is 16.5 Å². The molecule has 3 rings (SSSR count). The first kappa shape index (κ1) is 15.3. The second kappa shape index (κ2) is 5.92. The number of ether oxygens (including phenoxy) is 1. The molecule has 0 aliphatic carbocycles. The van der Waals surface area contributed by atoms with Crippen LogP contribution in [-0.2, 0) is 6.61 Å². The maximum absolute atomic E-state index is 11.9. The summed E-state index contributed by atoms with van der Waals surface area (Å²) in [4.78, 5) is 11.9. The van der Waals surface area contributed by atoms with Crippen molar-refractivity contribution < 1.29 is 9.15 Å². The molecule has 0 saturated heterocycles. The Kier molecular flexibility index (Phi) is 3.95. The van der Waals surface area contributed by atoms with E-state index in [-0.39, 0.29) is 5.63 Å². The molecule has 3 nitrogen and oxygen atoms in total. The van der Waals surface area contributed by atoms with E-state index in [0.717, 1.165) is 27.8 Å². The van der Waals surface area contributed by atoms with E-state index in [1.54, 1.807) is 6.92 Å². The van der Waals surface area contributed by atoms with E-state index in [2.05, 4.69) is 19.1 Å². The zero-order valence-electron chi connectivity index (χ0n) is 13.9. The quantitative estimate of drug-likeness (QED) is 0.663. The Labute approximate surface area is 135 Å². The van der Waals surface area contributed by atoms with Gasteiger partial charge >= 0.3 is 5.63 Å². The number of hydrogen-bond acceptors (Lipinski definition) is 3. The van der Waals surface area contributed by atoms with Crippen molar-refractivity contribution in [2.45, 2.75) is 34.3 Å². The molecule has 3 heteroatoms. The van der Waals surface area contributed by atoms with Gasteiger partial charge in [0.1, 0.15) is 17.9 Å². The molecular weight excluding hydrogens is 288 g/mol. The lowest BCUT2D eigenvalue weighted by Crippen LogP contribution is -2.07. The topological polar surface area (TPSA) is 39.4 Å². The van der Waals surface area contributed by atoms with Crippen LogP contribution in [0.1, 0.15) is 27.8 Å². The largest absolute Gasteiger partial charge is 0.488 e. The Morgan fingerprint density at radius 3 is 2.48 bits per heavy atom. The number of hydrogen-bond donors (Lipinski definition) is 0. The van der Waals surface area contributed by atoms with Gasteiger partial charge in [-0.2, -0.15) is 0 Å². The second-order valence-corrected chi connectivity index (χ2v) is 5.98. The smallest absolute Gasteiger partial charge is 0.339 e. The van der Waals surface area contributed by atoms with Crippen molar-refractivity contribution >= 4 is 11.0 Å². The lowest BCUT2D eigenvalue weighted by Gasteiger charge is -2.12. The number of fused-ring (bicyclic) bond motifs is 1. The molecule has 3 aromatic rings. The summed E-state index contributed by atoms with van der Waals surface area (Å²) in [6, 6.07) is 12.1. The Bertz CT molecular complexity index is 936. The van der Waals surface area contributed by atoms with E-state index in [4.69, 9.17) is 9.15 Å². The van der Waals surface area contributed by atoms with Crippen molar-refractivity contribution in [1.82, 2.24) is 0 Å². The highest BCUT2D eigenvalue weighted by Gasteiger charge is 2.12. The maximum Gasteiger partial charge on any atom is 0.339 e. The molecule has 0 bridgehead atoms. The third-order valence-corrected chi connectivity index (χ3v) is 4.30. The van der Waals surface area contributed by atoms with Crippen LogP contribution in [0, 0.1) is 27.7 Å². The highest BCUT2D eigenvalue weighted by Crippen LogP contribution is 2.29. The molecule has 0 aliphatic rings. The van der Waals surface area contributed by atoms with Crippen molar-refractivity contribution in [3.05, 3.63) is 74.6 Å². The first-order valence-electron chi connectivity index (χ1n) is 7.69. The summed E-state index contributed by atoms with van der Waals surface area (Å²) < 4.78 is 11.4. The molecule has 2 aromatic carbocycles. The molecule has 23 heavy (non-hydrogen) atoms. The van der Waals surface area contributed by atoms with Crippen molar-refractivity contribution in [2.24, 2.45) is 0 Å². The second-order valence-electron chi connectivity index (χ2n) is 5.98. The average molecular weight is 308 g/mol. The SMILES string of the molecule is Cc1cccc(COc2ccc3c(C)c(C)c(=O)oc3c2C)c1. The summed E-state index contributed by atoms with van der Waals surface area (Å²) in [6.45, 7) is 8.21. The van der Waals surface area contributed by atoms with Crippen molar-refractivity contribution in [3.8, 4) is 5.75 Å². The van der Waals surface area contributed by atoms with Gasteiger partial charge in [0.05, 0.1) is 0 Å². The molecule has 0 amide bonds. The summed E-state index contributed by atoms with van der Waals surface area (Å²) >= 11 is 0. The Hall–Kier alpha value is -2.55. The summed E-state index contributed by atoms with van der Waals surface area (Å²) in [5, 5.41) is 0.961. The van der Waals surface area contributed by atoms with Gasteiger partial charge in [0.2, 0.25) is 0 Å². The first-order valence-corrected chi connectivity index (χ1v) is 7.69. The minimum Gasteiger partial charge on any atom is -0.488 e. The van der Waals surface area contributed by atoms with Gasteiger partial charge in [-0.1, -0.05) is 29.8 Å². The van der Waals surface area contributed by atoms with Gasteiger partial charge in [0.25, 0.3) is 0 Å². The molecule has 0 saturated carbocycles. The molecule has 0 unspecified atom stereocenters. The molecular formula is C20H20O3. The van der Waals surface area contributed by atoms with Gasteiger partial charge in [-0.05, 0) is 51.0 Å². The first-order chi connectivity index (χ1) is 11.0. The van der Waals surface area contributed by atoms with E-state index < -0.39 is 0 Å². The summed E-state index contributed by atoms with van der Waals surface area (Å²) in [7, 11) is 0. The average Bonchev–Trinajstić information content (AvgIpc) is 2.53. The van der Waals surface area contributed by atoms with E-state index in [9.17, 15) is 4.79 Å². The standard InChI is InChI=1S/C20H20O3/c1-12-6-5-7-16(10-12)11-22-18-9-8-17-13(2)14(3)20(21)23-19(17)15(18)4/h5-10H,11H2,1-4H3. The highest BCUT2D eigenvalue weighted by atomic mass is 16.5. The Balaban J connectivity index is 1.98. The molecule has 0 atom stereocenters. The fourth-order valence-electron chi connectivity index (χ4n) is 2.74. The van der Waals surface area contributed by atoms with E-state index in [1.165, 1.54) is 5.56 Å². The van der Waals surface area contributed by atoms with Crippen LogP contribution < -0.4 is 10.4 Å². The minimum absolute atomic E-state index is 0.283. The number of benzene rings is 2. The highest BCUT2D eigenvalue weighted by molar-refractivity contribution is 5.85. The number of aryl methyl sites for hydroxylation is 3. The van der Waals surface area contributed by atoms with Gasteiger partial charge in [-0.3, -0.25) is 0 Å². The van der Waals surface area contributed by atoms with Crippen molar-refractivity contribution in [3.63, 3.8) is 0 Å². The molecule has 118 valence electrons.